The number of nitrogens with one attached hydrogen (secondary N) is 1. The van der Waals surface area contributed by atoms with Crippen molar-refractivity contribution in [1.29, 1.82) is 0 Å². The predicted octanol–water partition coefficient (Wildman–Crippen LogP) is 3.66. The van der Waals surface area contributed by atoms with Crippen LogP contribution in [0.2, 0.25) is 0 Å². The summed E-state index contributed by atoms with van der Waals surface area (Å²) in [4.78, 5) is 19.2. The van der Waals surface area contributed by atoms with Crippen LogP contribution in [0.15, 0.2) is 67.3 Å². The van der Waals surface area contributed by atoms with E-state index in [9.17, 15) is 4.79 Å². The maximum atomic E-state index is 12.9. The number of carbonyl (C=O) groups excluding carboxylic acids is 1. The van der Waals surface area contributed by atoms with Gasteiger partial charge in [-0.1, -0.05) is 6.42 Å². The lowest BCUT2D eigenvalue weighted by Crippen LogP contribution is -2.46. The molecular weight excluding hydrogens is 366 g/mol. The topological polar surface area (TPSA) is 80.2 Å². The van der Waals surface area contributed by atoms with Crippen molar-refractivity contribution in [2.75, 3.05) is 11.9 Å². The van der Waals surface area contributed by atoms with Gasteiger partial charge in [0.15, 0.2) is 0 Å². The van der Waals surface area contributed by atoms with E-state index in [1.165, 1.54) is 0 Å². The number of piperidine rings is 1. The molecule has 3 aromatic rings. The average molecular weight is 389 g/mol. The van der Waals surface area contributed by atoms with E-state index >= 15 is 0 Å². The summed E-state index contributed by atoms with van der Waals surface area (Å²) >= 11 is 0. The van der Waals surface area contributed by atoms with E-state index in [0.29, 0.717) is 18.0 Å². The Morgan fingerprint density at radius 2 is 1.93 bits per heavy atom. The van der Waals surface area contributed by atoms with Gasteiger partial charge in [0.25, 0.3) is 0 Å². The fraction of sp³-hybridized carbons (Fsp3) is 0.273. The van der Waals surface area contributed by atoms with Crippen molar-refractivity contribution in [2.45, 2.75) is 31.8 Å². The van der Waals surface area contributed by atoms with Gasteiger partial charge in [-0.05, 0) is 67.4 Å². The first-order valence-corrected chi connectivity index (χ1v) is 9.76. The van der Waals surface area contributed by atoms with Crippen LogP contribution in [0.3, 0.4) is 0 Å². The standard InChI is InChI=1S/C22H23N5O2/c28-22(21-5-1-2-13-27(21)16-17-10-12-24-25-14-17)26-18-6-8-19(9-7-18)29-20-4-3-11-23-15-20/h3-4,6-12,14-15,21H,1-2,5,13,16H2,(H,26,28)/t21-/m1/s1. The molecule has 0 aliphatic carbocycles. The second-order valence-electron chi connectivity index (χ2n) is 7.04. The Hall–Kier alpha value is -3.32. The predicted molar refractivity (Wildman–Crippen MR) is 109 cm³/mol. The fourth-order valence-corrected chi connectivity index (χ4v) is 3.50. The van der Waals surface area contributed by atoms with E-state index < -0.39 is 0 Å². The molecule has 0 spiro atoms. The van der Waals surface area contributed by atoms with Gasteiger partial charge in [0.1, 0.15) is 11.5 Å². The number of aromatic nitrogens is 3. The number of hydrogen-bond donors (Lipinski definition) is 1. The van der Waals surface area contributed by atoms with Crippen molar-refractivity contribution in [1.82, 2.24) is 20.1 Å². The summed E-state index contributed by atoms with van der Waals surface area (Å²) in [5, 5.41) is 10.8. The summed E-state index contributed by atoms with van der Waals surface area (Å²) in [5.41, 5.74) is 1.82. The van der Waals surface area contributed by atoms with Crippen molar-refractivity contribution >= 4 is 11.6 Å². The van der Waals surface area contributed by atoms with Gasteiger partial charge in [0.05, 0.1) is 18.4 Å². The van der Waals surface area contributed by atoms with E-state index in [2.05, 4.69) is 25.4 Å². The minimum atomic E-state index is -0.150. The van der Waals surface area contributed by atoms with Gasteiger partial charge in [-0.2, -0.15) is 10.2 Å². The van der Waals surface area contributed by atoms with Crippen LogP contribution >= 0.6 is 0 Å². The number of likely N-dealkylation sites (tertiary alicyclic amines) is 1. The zero-order chi connectivity index (χ0) is 19.9. The first-order chi connectivity index (χ1) is 14.3. The van der Waals surface area contributed by atoms with Crippen LogP contribution in [-0.4, -0.2) is 38.6 Å². The van der Waals surface area contributed by atoms with Gasteiger partial charge in [-0.15, -0.1) is 0 Å². The Morgan fingerprint density at radius 1 is 1.03 bits per heavy atom. The number of carbonyl (C=O) groups is 1. The van der Waals surface area contributed by atoms with Crippen LogP contribution in [0.1, 0.15) is 24.8 Å². The summed E-state index contributed by atoms with van der Waals surface area (Å²) in [5.74, 6) is 1.39. The van der Waals surface area contributed by atoms with Crippen molar-refractivity contribution in [2.24, 2.45) is 0 Å². The summed E-state index contributed by atoms with van der Waals surface area (Å²) in [6, 6.07) is 12.8. The normalized spacial score (nSPS) is 16.9. The van der Waals surface area contributed by atoms with Crippen molar-refractivity contribution in [3.63, 3.8) is 0 Å². The van der Waals surface area contributed by atoms with Crippen LogP contribution in [-0.2, 0) is 11.3 Å². The van der Waals surface area contributed by atoms with Crippen LogP contribution in [0.5, 0.6) is 11.5 Å². The lowest BCUT2D eigenvalue weighted by molar-refractivity contribution is -0.122. The average Bonchev–Trinajstić information content (AvgIpc) is 2.77. The third kappa shape index (κ3) is 5.14. The number of pyridine rings is 1. The molecule has 7 nitrogen and oxygen atoms in total. The molecule has 1 aliphatic rings. The Balaban J connectivity index is 1.38. The second kappa shape index (κ2) is 9.25. The lowest BCUT2D eigenvalue weighted by Gasteiger charge is -2.34. The Kier molecular flexibility index (Phi) is 6.07. The number of hydrogen-bond acceptors (Lipinski definition) is 6. The van der Waals surface area contributed by atoms with Crippen LogP contribution < -0.4 is 10.1 Å². The first-order valence-electron chi connectivity index (χ1n) is 9.76. The van der Waals surface area contributed by atoms with Crippen LogP contribution in [0, 0.1) is 0 Å². The Labute approximate surface area is 169 Å². The van der Waals surface area contributed by atoms with Gasteiger partial charge in [-0.3, -0.25) is 14.7 Å². The van der Waals surface area contributed by atoms with E-state index in [4.69, 9.17) is 4.74 Å². The highest BCUT2D eigenvalue weighted by Crippen LogP contribution is 2.24. The molecule has 1 amide bonds. The second-order valence-corrected chi connectivity index (χ2v) is 7.04. The molecule has 29 heavy (non-hydrogen) atoms. The Bertz CT molecular complexity index is 919. The summed E-state index contributed by atoms with van der Waals surface area (Å²) < 4.78 is 5.74. The van der Waals surface area contributed by atoms with Crippen LogP contribution in [0.4, 0.5) is 5.69 Å². The molecule has 0 bridgehead atoms. The minimum absolute atomic E-state index is 0.0210. The molecular formula is C22H23N5O2. The molecule has 7 heteroatoms. The van der Waals surface area contributed by atoms with Crippen molar-refractivity contribution in [3.8, 4) is 11.5 Å². The highest BCUT2D eigenvalue weighted by atomic mass is 16.5. The molecule has 148 valence electrons. The summed E-state index contributed by atoms with van der Waals surface area (Å²) in [7, 11) is 0. The SMILES string of the molecule is O=C(Nc1ccc(Oc2cccnc2)cc1)[C@H]1CCCCN1Cc1ccnnc1. The zero-order valence-corrected chi connectivity index (χ0v) is 16.1. The third-order valence-electron chi connectivity index (χ3n) is 4.94. The van der Waals surface area contributed by atoms with E-state index in [1.54, 1.807) is 24.8 Å². The maximum absolute atomic E-state index is 12.9. The number of nitrogens with zero attached hydrogens (tertiary/aromatic N) is 4. The van der Waals surface area contributed by atoms with Crippen molar-refractivity contribution < 1.29 is 9.53 Å². The van der Waals surface area contributed by atoms with Gasteiger partial charge in [0.2, 0.25) is 5.91 Å². The maximum Gasteiger partial charge on any atom is 0.241 e. The number of amides is 1. The minimum Gasteiger partial charge on any atom is -0.456 e. The van der Waals surface area contributed by atoms with E-state index in [0.717, 1.165) is 37.1 Å². The molecule has 1 fully saturated rings. The molecule has 0 radical (unpaired) electrons. The van der Waals surface area contributed by atoms with Gasteiger partial charge in [-0.25, -0.2) is 0 Å². The molecule has 0 saturated carbocycles. The fourth-order valence-electron chi connectivity index (χ4n) is 3.50. The molecule has 1 N–H and O–H groups in total. The smallest absolute Gasteiger partial charge is 0.241 e. The van der Waals surface area contributed by atoms with Gasteiger partial charge >= 0.3 is 0 Å². The zero-order valence-electron chi connectivity index (χ0n) is 16.1. The van der Waals surface area contributed by atoms with Crippen LogP contribution in [0.25, 0.3) is 0 Å². The first kappa shape index (κ1) is 19.0. The number of ether oxygens (including phenoxy) is 1. The van der Waals surface area contributed by atoms with Gasteiger partial charge < -0.3 is 10.1 Å². The third-order valence-corrected chi connectivity index (χ3v) is 4.94. The highest BCUT2D eigenvalue weighted by Gasteiger charge is 2.28. The molecule has 0 unspecified atom stereocenters. The molecule has 2 aromatic heterocycles. The monoisotopic (exact) mass is 389 g/mol. The van der Waals surface area contributed by atoms with E-state index in [1.807, 2.05) is 42.5 Å². The van der Waals surface area contributed by atoms with Crippen molar-refractivity contribution in [3.05, 3.63) is 72.8 Å². The molecule has 3 heterocycles. The molecule has 1 aliphatic heterocycles. The largest absolute Gasteiger partial charge is 0.456 e. The quantitative estimate of drug-likeness (QED) is 0.693. The highest BCUT2D eigenvalue weighted by molar-refractivity contribution is 5.94. The van der Waals surface area contributed by atoms with E-state index in [-0.39, 0.29) is 11.9 Å². The number of benzene rings is 1. The number of rotatable bonds is 6. The molecule has 1 atom stereocenters. The molecule has 4 rings (SSSR count). The van der Waals surface area contributed by atoms with Gasteiger partial charge in [0, 0.05) is 24.6 Å². The molecule has 1 aromatic carbocycles. The number of anilines is 1. The lowest BCUT2D eigenvalue weighted by atomic mass is 10.0. The molecule has 1 saturated heterocycles. The summed E-state index contributed by atoms with van der Waals surface area (Å²) in [6.45, 7) is 1.60. The Morgan fingerprint density at radius 3 is 2.69 bits per heavy atom. The summed E-state index contributed by atoms with van der Waals surface area (Å²) in [6.07, 6.45) is 9.81.